The van der Waals surface area contributed by atoms with Gasteiger partial charge in [-0.05, 0) is 19.9 Å². The fraction of sp³-hybridized carbons (Fsp3) is 0.364. The van der Waals surface area contributed by atoms with Crippen molar-refractivity contribution in [2.45, 2.75) is 13.8 Å². The van der Waals surface area contributed by atoms with Gasteiger partial charge in [0.25, 0.3) is 0 Å². The van der Waals surface area contributed by atoms with E-state index in [1.165, 1.54) is 12.3 Å². The Morgan fingerprint density at radius 2 is 2.29 bits per heavy atom. The van der Waals surface area contributed by atoms with Crippen LogP contribution in [0.4, 0.5) is 11.5 Å². The van der Waals surface area contributed by atoms with E-state index < -0.39 is 11.3 Å². The van der Waals surface area contributed by atoms with Crippen LogP contribution >= 0.6 is 0 Å². The second kappa shape index (κ2) is 4.70. The zero-order chi connectivity index (χ0) is 13.1. The maximum Gasteiger partial charge on any atom is 0.224 e. The van der Waals surface area contributed by atoms with Gasteiger partial charge in [0.2, 0.25) is 5.91 Å². The molecule has 0 saturated heterocycles. The largest absolute Gasteiger partial charge is 0.397 e. The van der Waals surface area contributed by atoms with Crippen LogP contribution in [0.25, 0.3) is 0 Å². The number of hydrogen-bond donors (Lipinski definition) is 3. The Labute approximate surface area is 99.6 Å². The van der Waals surface area contributed by atoms with E-state index >= 15 is 0 Å². The van der Waals surface area contributed by atoms with Crippen molar-refractivity contribution in [3.8, 4) is 6.07 Å². The molecule has 0 aromatic carbocycles. The van der Waals surface area contributed by atoms with Crippen LogP contribution in [0.3, 0.4) is 0 Å². The van der Waals surface area contributed by atoms with Gasteiger partial charge in [0.1, 0.15) is 11.9 Å². The quantitative estimate of drug-likeness (QED) is 0.698. The van der Waals surface area contributed by atoms with E-state index in [2.05, 4.69) is 10.3 Å². The minimum absolute atomic E-state index is 0.300. The van der Waals surface area contributed by atoms with Gasteiger partial charge in [-0.2, -0.15) is 5.26 Å². The van der Waals surface area contributed by atoms with E-state index in [0.29, 0.717) is 23.6 Å². The standard InChI is InChI=1S/C11H15N5O/c1-11(2,10(14)17)6-16-9-7(4-12)3-8(13)5-15-9/h3,5H,6,13H2,1-2H3,(H2,14,17)(H,15,16). The zero-order valence-corrected chi connectivity index (χ0v) is 9.82. The van der Waals surface area contributed by atoms with Gasteiger partial charge >= 0.3 is 0 Å². The molecule has 0 aliphatic heterocycles. The maximum atomic E-state index is 11.1. The van der Waals surface area contributed by atoms with Crippen molar-refractivity contribution < 1.29 is 4.79 Å². The number of nitrogens with zero attached hydrogens (tertiary/aromatic N) is 2. The fourth-order valence-electron chi connectivity index (χ4n) is 1.10. The molecule has 0 aliphatic carbocycles. The number of hydrogen-bond acceptors (Lipinski definition) is 5. The van der Waals surface area contributed by atoms with Crippen LogP contribution in [0.15, 0.2) is 12.3 Å². The molecule has 6 nitrogen and oxygen atoms in total. The molecule has 0 spiro atoms. The first-order valence-corrected chi connectivity index (χ1v) is 5.06. The van der Waals surface area contributed by atoms with Gasteiger partial charge in [0.15, 0.2) is 0 Å². The fourth-order valence-corrected chi connectivity index (χ4v) is 1.10. The summed E-state index contributed by atoms with van der Waals surface area (Å²) in [5.74, 6) is -0.0185. The SMILES string of the molecule is CC(C)(CNc1ncc(N)cc1C#N)C(N)=O. The van der Waals surface area contributed by atoms with Crippen LogP contribution in [0.5, 0.6) is 0 Å². The number of primary amides is 1. The van der Waals surface area contributed by atoms with Crippen molar-refractivity contribution in [3.05, 3.63) is 17.8 Å². The Morgan fingerprint density at radius 1 is 1.65 bits per heavy atom. The number of nitriles is 1. The molecule has 5 N–H and O–H groups in total. The maximum absolute atomic E-state index is 11.1. The topological polar surface area (TPSA) is 118 Å². The van der Waals surface area contributed by atoms with Crippen molar-refractivity contribution in [1.29, 1.82) is 5.26 Å². The molecular weight excluding hydrogens is 218 g/mol. The minimum Gasteiger partial charge on any atom is -0.397 e. The molecule has 0 fully saturated rings. The van der Waals surface area contributed by atoms with Gasteiger partial charge in [-0.25, -0.2) is 4.98 Å². The number of nitrogen functional groups attached to an aromatic ring is 1. The average Bonchev–Trinajstić information content (AvgIpc) is 2.27. The normalized spacial score (nSPS) is 10.6. The smallest absolute Gasteiger partial charge is 0.224 e. The predicted molar refractivity (Wildman–Crippen MR) is 64.8 cm³/mol. The lowest BCUT2D eigenvalue weighted by Crippen LogP contribution is -2.37. The summed E-state index contributed by atoms with van der Waals surface area (Å²) < 4.78 is 0. The first-order chi connectivity index (χ1) is 7.86. The molecule has 0 atom stereocenters. The summed E-state index contributed by atoms with van der Waals surface area (Å²) in [5.41, 5.74) is 10.8. The van der Waals surface area contributed by atoms with E-state index in [1.54, 1.807) is 13.8 Å². The van der Waals surface area contributed by atoms with Crippen LogP contribution in [0.1, 0.15) is 19.4 Å². The van der Waals surface area contributed by atoms with Crippen molar-refractivity contribution in [2.75, 3.05) is 17.6 Å². The Balaban J connectivity index is 2.84. The lowest BCUT2D eigenvalue weighted by Gasteiger charge is -2.21. The van der Waals surface area contributed by atoms with Gasteiger partial charge in [0, 0.05) is 6.54 Å². The van der Waals surface area contributed by atoms with Crippen molar-refractivity contribution in [2.24, 2.45) is 11.1 Å². The van der Waals surface area contributed by atoms with Crippen LogP contribution in [0, 0.1) is 16.7 Å². The molecule has 1 aromatic heterocycles. The summed E-state index contributed by atoms with van der Waals surface area (Å²) in [7, 11) is 0. The van der Waals surface area contributed by atoms with Gasteiger partial charge in [-0.15, -0.1) is 0 Å². The molecule has 17 heavy (non-hydrogen) atoms. The molecule has 1 amide bonds. The van der Waals surface area contributed by atoms with E-state index in [-0.39, 0.29) is 0 Å². The van der Waals surface area contributed by atoms with Crippen molar-refractivity contribution in [1.82, 2.24) is 4.98 Å². The highest BCUT2D eigenvalue weighted by Crippen LogP contribution is 2.18. The van der Waals surface area contributed by atoms with Gasteiger partial charge in [-0.1, -0.05) is 0 Å². The zero-order valence-electron chi connectivity index (χ0n) is 9.82. The molecule has 0 aliphatic rings. The summed E-state index contributed by atoms with van der Waals surface area (Å²) in [4.78, 5) is 15.1. The summed E-state index contributed by atoms with van der Waals surface area (Å²) in [6.07, 6.45) is 1.44. The number of aromatic nitrogens is 1. The molecular formula is C11H15N5O. The monoisotopic (exact) mass is 233 g/mol. The number of carbonyl (C=O) groups is 1. The summed E-state index contributed by atoms with van der Waals surface area (Å²) in [6, 6.07) is 3.50. The van der Waals surface area contributed by atoms with Crippen molar-refractivity contribution >= 4 is 17.4 Å². The summed E-state index contributed by atoms with van der Waals surface area (Å²) in [6.45, 7) is 3.73. The molecule has 1 rings (SSSR count). The van der Waals surface area contributed by atoms with Crippen molar-refractivity contribution in [3.63, 3.8) is 0 Å². The third kappa shape index (κ3) is 3.08. The average molecular weight is 233 g/mol. The number of carbonyl (C=O) groups excluding carboxylic acids is 1. The van der Waals surface area contributed by atoms with Gasteiger partial charge in [-0.3, -0.25) is 4.79 Å². The highest BCUT2D eigenvalue weighted by atomic mass is 16.1. The number of nitrogens with one attached hydrogen (secondary N) is 1. The Morgan fingerprint density at radius 3 is 2.82 bits per heavy atom. The van der Waals surface area contributed by atoms with Gasteiger partial charge in [0.05, 0.1) is 22.9 Å². The summed E-state index contributed by atoms with van der Waals surface area (Å²) in [5, 5.41) is 11.8. The first-order valence-electron chi connectivity index (χ1n) is 5.06. The van der Waals surface area contributed by atoms with Gasteiger partial charge < -0.3 is 16.8 Å². The molecule has 0 radical (unpaired) electrons. The first kappa shape index (κ1) is 12.8. The lowest BCUT2D eigenvalue weighted by atomic mass is 9.93. The van der Waals surface area contributed by atoms with Crippen LogP contribution in [0.2, 0.25) is 0 Å². The molecule has 1 heterocycles. The highest BCUT2D eigenvalue weighted by molar-refractivity contribution is 5.80. The Bertz CT molecular complexity index is 475. The second-order valence-corrected chi connectivity index (χ2v) is 4.38. The number of nitrogens with two attached hydrogens (primary N) is 2. The molecule has 1 aromatic rings. The van der Waals surface area contributed by atoms with Crippen LogP contribution in [-0.2, 0) is 4.79 Å². The van der Waals surface area contributed by atoms with E-state index in [4.69, 9.17) is 16.7 Å². The lowest BCUT2D eigenvalue weighted by molar-refractivity contribution is -0.125. The van der Waals surface area contributed by atoms with E-state index in [0.717, 1.165) is 0 Å². The predicted octanol–water partition coefficient (Wildman–Crippen LogP) is 0.459. The minimum atomic E-state index is -0.713. The van der Waals surface area contributed by atoms with E-state index in [9.17, 15) is 4.79 Å². The molecule has 0 bridgehead atoms. The second-order valence-electron chi connectivity index (χ2n) is 4.38. The number of pyridine rings is 1. The highest BCUT2D eigenvalue weighted by Gasteiger charge is 2.25. The van der Waals surface area contributed by atoms with Crippen LogP contribution in [-0.4, -0.2) is 17.4 Å². The third-order valence-corrected chi connectivity index (χ3v) is 2.39. The molecule has 90 valence electrons. The number of rotatable bonds is 4. The van der Waals surface area contributed by atoms with Crippen LogP contribution < -0.4 is 16.8 Å². The summed E-state index contributed by atoms with van der Waals surface area (Å²) >= 11 is 0. The van der Waals surface area contributed by atoms with E-state index in [1.807, 2.05) is 6.07 Å². The molecule has 0 unspecified atom stereocenters. The number of anilines is 2. The molecule has 6 heteroatoms. The molecule has 0 saturated carbocycles. The third-order valence-electron chi connectivity index (χ3n) is 2.39. The Kier molecular flexibility index (Phi) is 3.53. The Hall–Kier alpha value is -2.29. The number of amides is 1.